The van der Waals surface area contributed by atoms with Gasteiger partial charge < -0.3 is 9.47 Å². The minimum Gasteiger partial charge on any atom is -0.467 e. The fourth-order valence-corrected chi connectivity index (χ4v) is 10.5. The number of hydrogen-bond donors (Lipinski definition) is 0. The number of nitrogens with zero attached hydrogens (tertiary/aromatic N) is 2. The largest absolute Gasteiger partial charge is 0.467 e. The van der Waals surface area contributed by atoms with Crippen LogP contribution in [0, 0.1) is 0 Å². The van der Waals surface area contributed by atoms with E-state index in [-0.39, 0.29) is 40.5 Å². The van der Waals surface area contributed by atoms with Crippen LogP contribution in [0.2, 0.25) is 0 Å². The van der Waals surface area contributed by atoms with Crippen LogP contribution in [-0.4, -0.2) is 11.8 Å². The molecule has 0 unspecified atom stereocenters. The summed E-state index contributed by atoms with van der Waals surface area (Å²) in [5.74, 6) is 1.45. The standard InChI is InChI=1S/C51H46N2O2/c1-49(2)31-51(41-37(27-17-29-39(41)49)47-52-43(33-19-9-5-10-20-33)45(54-47)35-23-13-7-14-24-35)32-50(3,4)40-30-18-28-38(42(40)51)48-53-44(34-21-11-6-12-22-34)46(55-48)36-25-15-8-16-26-36/h5-30,43-46H,31-32H2,1-4H3/t43-,44-,45-,46-,51?/m0/s1. The van der Waals surface area contributed by atoms with Crippen LogP contribution in [0.5, 0.6) is 0 Å². The lowest BCUT2D eigenvalue weighted by atomic mass is 9.70. The van der Waals surface area contributed by atoms with Crippen LogP contribution in [-0.2, 0) is 25.7 Å². The molecule has 0 N–H and O–H groups in total. The van der Waals surface area contributed by atoms with Gasteiger partial charge in [0.2, 0.25) is 11.8 Å². The Kier molecular flexibility index (Phi) is 7.78. The Balaban J connectivity index is 1.16. The third-order valence-corrected chi connectivity index (χ3v) is 12.6. The Morgan fingerprint density at radius 3 is 1.13 bits per heavy atom. The van der Waals surface area contributed by atoms with Gasteiger partial charge >= 0.3 is 0 Å². The molecule has 4 atom stereocenters. The van der Waals surface area contributed by atoms with E-state index in [9.17, 15) is 0 Å². The van der Waals surface area contributed by atoms with Crippen molar-refractivity contribution in [2.45, 2.75) is 81.1 Å². The molecule has 2 heterocycles. The fourth-order valence-electron chi connectivity index (χ4n) is 10.5. The summed E-state index contributed by atoms with van der Waals surface area (Å²) in [5.41, 5.74) is 11.7. The topological polar surface area (TPSA) is 43.2 Å². The highest BCUT2D eigenvalue weighted by Gasteiger charge is 2.59. The van der Waals surface area contributed by atoms with E-state index >= 15 is 0 Å². The van der Waals surface area contributed by atoms with Gasteiger partial charge in [0, 0.05) is 16.5 Å². The summed E-state index contributed by atoms with van der Waals surface area (Å²) < 4.78 is 14.2. The molecule has 6 aromatic rings. The van der Waals surface area contributed by atoms with Crippen LogP contribution in [0.15, 0.2) is 168 Å². The Morgan fingerprint density at radius 2 is 0.764 bits per heavy atom. The summed E-state index contributed by atoms with van der Waals surface area (Å²) in [6.07, 6.45) is 1.48. The Morgan fingerprint density at radius 1 is 0.418 bits per heavy atom. The highest BCUT2D eigenvalue weighted by Crippen LogP contribution is 2.65. The molecule has 0 bridgehead atoms. The number of aliphatic imine (C=N–C) groups is 2. The van der Waals surface area contributed by atoms with Crippen molar-refractivity contribution < 1.29 is 9.47 Å². The van der Waals surface area contributed by atoms with Crippen molar-refractivity contribution in [1.29, 1.82) is 0 Å². The molecular formula is C51H46N2O2. The van der Waals surface area contributed by atoms with E-state index in [0.717, 1.165) is 58.0 Å². The molecule has 0 aromatic heterocycles. The lowest BCUT2D eigenvalue weighted by molar-refractivity contribution is 0.196. The van der Waals surface area contributed by atoms with Crippen molar-refractivity contribution in [2.75, 3.05) is 0 Å². The van der Waals surface area contributed by atoms with Gasteiger partial charge in [-0.05, 0) is 80.3 Å². The second kappa shape index (κ2) is 12.7. The molecule has 0 amide bonds. The molecule has 272 valence electrons. The van der Waals surface area contributed by atoms with Gasteiger partial charge in [-0.25, -0.2) is 9.98 Å². The van der Waals surface area contributed by atoms with E-state index < -0.39 is 0 Å². The molecule has 1 spiro atoms. The first-order valence-electron chi connectivity index (χ1n) is 19.7. The molecule has 55 heavy (non-hydrogen) atoms. The van der Waals surface area contributed by atoms with E-state index in [4.69, 9.17) is 19.5 Å². The molecule has 0 saturated heterocycles. The summed E-state index contributed by atoms with van der Waals surface area (Å²) in [7, 11) is 0. The predicted octanol–water partition coefficient (Wildman–Crippen LogP) is 11.9. The van der Waals surface area contributed by atoms with Gasteiger partial charge in [0.05, 0.1) is 0 Å². The predicted molar refractivity (Wildman–Crippen MR) is 221 cm³/mol. The average molecular weight is 719 g/mol. The van der Waals surface area contributed by atoms with Crippen molar-refractivity contribution >= 4 is 11.8 Å². The van der Waals surface area contributed by atoms with Gasteiger partial charge in [-0.1, -0.05) is 173 Å². The minimum absolute atomic E-state index is 0.0928. The molecule has 0 radical (unpaired) electrons. The second-order valence-corrected chi connectivity index (χ2v) is 17.1. The minimum atomic E-state index is -0.317. The van der Waals surface area contributed by atoms with Crippen LogP contribution in [0.4, 0.5) is 0 Å². The molecule has 6 aromatic carbocycles. The number of benzene rings is 6. The van der Waals surface area contributed by atoms with Gasteiger partial charge in [0.25, 0.3) is 0 Å². The zero-order valence-electron chi connectivity index (χ0n) is 31.9. The van der Waals surface area contributed by atoms with Crippen molar-refractivity contribution in [1.82, 2.24) is 0 Å². The molecular weight excluding hydrogens is 673 g/mol. The van der Waals surface area contributed by atoms with Crippen LogP contribution in [0.25, 0.3) is 0 Å². The quantitative estimate of drug-likeness (QED) is 0.172. The summed E-state index contributed by atoms with van der Waals surface area (Å²) in [6, 6.07) is 55.7. The van der Waals surface area contributed by atoms with Crippen LogP contribution >= 0.6 is 0 Å². The van der Waals surface area contributed by atoms with Crippen LogP contribution < -0.4 is 0 Å². The molecule has 0 fully saturated rings. The average Bonchev–Trinajstić information content (AvgIpc) is 3.97. The summed E-state index contributed by atoms with van der Waals surface area (Å²) >= 11 is 0. The van der Waals surface area contributed by atoms with Gasteiger partial charge in [-0.15, -0.1) is 0 Å². The molecule has 0 saturated carbocycles. The van der Waals surface area contributed by atoms with Gasteiger partial charge in [-0.2, -0.15) is 0 Å². The van der Waals surface area contributed by atoms with E-state index in [0.29, 0.717) is 0 Å². The van der Waals surface area contributed by atoms with Crippen molar-refractivity contribution in [3.63, 3.8) is 0 Å². The third-order valence-electron chi connectivity index (χ3n) is 12.6. The number of ether oxygens (including phenoxy) is 2. The first-order chi connectivity index (χ1) is 26.7. The zero-order valence-corrected chi connectivity index (χ0v) is 31.9. The van der Waals surface area contributed by atoms with E-state index in [1.54, 1.807) is 0 Å². The van der Waals surface area contributed by atoms with E-state index in [1.165, 1.54) is 22.3 Å². The molecule has 10 rings (SSSR count). The maximum absolute atomic E-state index is 7.09. The number of fused-ring (bicyclic) bond motifs is 4. The molecule has 4 heteroatoms. The number of hydrogen-bond acceptors (Lipinski definition) is 4. The van der Waals surface area contributed by atoms with Gasteiger partial charge in [-0.3, -0.25) is 0 Å². The van der Waals surface area contributed by atoms with Crippen LogP contribution in [0.3, 0.4) is 0 Å². The Bertz CT molecular complexity index is 2280. The lowest BCUT2D eigenvalue weighted by Gasteiger charge is -2.33. The lowest BCUT2D eigenvalue weighted by Crippen LogP contribution is -2.30. The molecule has 2 aliphatic heterocycles. The summed E-state index contributed by atoms with van der Waals surface area (Å²) in [4.78, 5) is 11.0. The fraction of sp³-hybridized carbons (Fsp3) is 0.255. The third kappa shape index (κ3) is 5.40. The van der Waals surface area contributed by atoms with Crippen molar-refractivity contribution in [2.24, 2.45) is 9.98 Å². The van der Waals surface area contributed by atoms with Crippen molar-refractivity contribution in [3.8, 4) is 0 Å². The molecule has 2 aliphatic carbocycles. The second-order valence-electron chi connectivity index (χ2n) is 17.1. The highest BCUT2D eigenvalue weighted by atomic mass is 16.5. The first kappa shape index (κ1) is 33.8. The smallest absolute Gasteiger partial charge is 0.217 e. The summed E-state index contributed by atoms with van der Waals surface area (Å²) in [6.45, 7) is 9.65. The number of rotatable bonds is 6. The molecule has 4 nitrogen and oxygen atoms in total. The zero-order chi connectivity index (χ0) is 37.4. The monoisotopic (exact) mass is 718 g/mol. The van der Waals surface area contributed by atoms with E-state index in [1.807, 2.05) is 0 Å². The van der Waals surface area contributed by atoms with Gasteiger partial charge in [0.1, 0.15) is 12.1 Å². The van der Waals surface area contributed by atoms with Crippen LogP contribution in [0.1, 0.15) is 120 Å². The maximum atomic E-state index is 7.09. The first-order valence-corrected chi connectivity index (χ1v) is 19.7. The van der Waals surface area contributed by atoms with Gasteiger partial charge in [0.15, 0.2) is 12.2 Å². The summed E-state index contributed by atoms with van der Waals surface area (Å²) in [5, 5.41) is 0. The maximum Gasteiger partial charge on any atom is 0.217 e. The van der Waals surface area contributed by atoms with E-state index in [2.05, 4.69) is 185 Å². The normalized spacial score (nSPS) is 23.7. The Hall–Kier alpha value is -5.74. The Labute approximate surface area is 324 Å². The molecule has 4 aliphatic rings. The highest BCUT2D eigenvalue weighted by molar-refractivity contribution is 6.01. The van der Waals surface area contributed by atoms with Crippen molar-refractivity contribution in [3.05, 3.63) is 213 Å². The SMILES string of the molecule is CC1(C)CC2(CC(C)(C)c3cccc(C4=N[C@@H](c5ccccc5)[C@H](c5ccccc5)O4)c32)c2c(C3=N[C@@H](c4ccccc4)[C@H](c4ccccc4)O3)cccc21.